The molecular formula is C25H22FN3O4S. The number of hydrogen-bond acceptors (Lipinski definition) is 6. The summed E-state index contributed by atoms with van der Waals surface area (Å²) in [7, 11) is 1.57. The molecule has 7 nitrogen and oxygen atoms in total. The lowest BCUT2D eigenvalue weighted by Gasteiger charge is -2.18. The molecule has 0 spiro atoms. The minimum absolute atomic E-state index is 0.119. The number of ether oxygens (including phenoxy) is 1. The molecule has 2 amide bonds. The van der Waals surface area contributed by atoms with Crippen LogP contribution in [0.3, 0.4) is 0 Å². The summed E-state index contributed by atoms with van der Waals surface area (Å²) in [6, 6.07) is 13.1. The molecule has 2 aromatic carbocycles. The highest BCUT2D eigenvalue weighted by Gasteiger charge is 2.20. The molecule has 4 rings (SSSR count). The van der Waals surface area contributed by atoms with Crippen LogP contribution in [0.1, 0.15) is 31.3 Å². The summed E-state index contributed by atoms with van der Waals surface area (Å²) in [5, 5.41) is 5.72. The van der Waals surface area contributed by atoms with Gasteiger partial charge in [0, 0.05) is 23.8 Å². The van der Waals surface area contributed by atoms with E-state index in [1.165, 1.54) is 47.4 Å². The van der Waals surface area contributed by atoms with E-state index in [1.54, 1.807) is 24.6 Å². The summed E-state index contributed by atoms with van der Waals surface area (Å²) in [6.07, 6.45) is 2.88. The Bertz CT molecular complexity index is 1380. The van der Waals surface area contributed by atoms with Crippen LogP contribution in [0.25, 0.3) is 17.0 Å². The van der Waals surface area contributed by atoms with Crippen LogP contribution in [0.2, 0.25) is 0 Å². The fourth-order valence-corrected chi connectivity index (χ4v) is 4.27. The second-order valence-electron chi connectivity index (χ2n) is 7.45. The number of carbonyl (C=O) groups is 2. The molecule has 0 aliphatic heterocycles. The molecule has 0 bridgehead atoms. The predicted octanol–water partition coefficient (Wildman–Crippen LogP) is 5.61. The van der Waals surface area contributed by atoms with Crippen LogP contribution in [-0.4, -0.2) is 23.9 Å². The van der Waals surface area contributed by atoms with Gasteiger partial charge in [-0.25, -0.2) is 9.37 Å². The Labute approximate surface area is 199 Å². The Morgan fingerprint density at radius 1 is 1.24 bits per heavy atom. The Balaban J connectivity index is 1.45. The number of anilines is 2. The van der Waals surface area contributed by atoms with E-state index in [2.05, 4.69) is 10.3 Å². The average Bonchev–Trinajstić information content (AvgIpc) is 3.46. The van der Waals surface area contributed by atoms with E-state index in [-0.39, 0.29) is 23.5 Å². The number of para-hydroxylation sites is 2. The highest BCUT2D eigenvalue weighted by Crippen LogP contribution is 2.32. The highest BCUT2D eigenvalue weighted by atomic mass is 32.1. The van der Waals surface area contributed by atoms with Crippen molar-refractivity contribution in [3.63, 3.8) is 0 Å². The van der Waals surface area contributed by atoms with Crippen LogP contribution in [0.5, 0.6) is 5.75 Å². The Morgan fingerprint density at radius 2 is 2.03 bits per heavy atom. The van der Waals surface area contributed by atoms with Crippen LogP contribution in [-0.2, 0) is 9.59 Å². The second-order valence-corrected chi connectivity index (χ2v) is 8.29. The average molecular weight is 480 g/mol. The summed E-state index contributed by atoms with van der Waals surface area (Å²) < 4.78 is 25.4. The molecule has 0 radical (unpaired) electrons. The summed E-state index contributed by atoms with van der Waals surface area (Å²) in [4.78, 5) is 30.2. The monoisotopic (exact) mass is 479 g/mol. The number of amides is 2. The molecule has 4 aromatic rings. The van der Waals surface area contributed by atoms with Crippen molar-refractivity contribution in [1.82, 2.24) is 10.3 Å². The summed E-state index contributed by atoms with van der Waals surface area (Å²) in [5.74, 6) is -0.0201. The van der Waals surface area contributed by atoms with E-state index < -0.39 is 5.82 Å². The summed E-state index contributed by atoms with van der Waals surface area (Å²) in [5.41, 5.74) is 1.21. The van der Waals surface area contributed by atoms with Gasteiger partial charge in [-0.3, -0.25) is 14.5 Å². The summed E-state index contributed by atoms with van der Waals surface area (Å²) >= 11 is 1.18. The first-order valence-corrected chi connectivity index (χ1v) is 11.3. The van der Waals surface area contributed by atoms with E-state index in [0.717, 1.165) is 5.39 Å². The van der Waals surface area contributed by atoms with Gasteiger partial charge in [-0.2, -0.15) is 0 Å². The Kier molecular flexibility index (Phi) is 6.74. The van der Waals surface area contributed by atoms with E-state index in [4.69, 9.17) is 9.15 Å². The van der Waals surface area contributed by atoms with E-state index in [1.807, 2.05) is 31.2 Å². The molecule has 0 saturated carbocycles. The molecule has 2 aromatic heterocycles. The summed E-state index contributed by atoms with van der Waals surface area (Å²) in [6.45, 7) is 3.15. The third-order valence-electron chi connectivity index (χ3n) is 5.05. The van der Waals surface area contributed by atoms with Crippen molar-refractivity contribution >= 4 is 51.0 Å². The van der Waals surface area contributed by atoms with Crippen molar-refractivity contribution in [2.45, 2.75) is 19.9 Å². The Morgan fingerprint density at radius 3 is 2.76 bits per heavy atom. The zero-order valence-corrected chi connectivity index (χ0v) is 19.6. The lowest BCUT2D eigenvalue weighted by atomic mass is 10.2. The van der Waals surface area contributed by atoms with Gasteiger partial charge in [0.25, 0.3) is 0 Å². The maximum Gasteiger partial charge on any atom is 0.244 e. The fourth-order valence-electron chi connectivity index (χ4n) is 3.42. The quantitative estimate of drug-likeness (QED) is 0.348. The van der Waals surface area contributed by atoms with Crippen LogP contribution in [0.4, 0.5) is 15.2 Å². The molecular weight excluding hydrogens is 457 g/mol. The molecule has 1 atom stereocenters. The number of hydrogen-bond donors (Lipinski definition) is 1. The zero-order chi connectivity index (χ0) is 24.2. The molecule has 1 unspecified atom stereocenters. The van der Waals surface area contributed by atoms with Crippen molar-refractivity contribution in [1.29, 1.82) is 0 Å². The number of halogens is 1. The first-order chi connectivity index (χ1) is 16.4. The number of benzene rings is 2. The van der Waals surface area contributed by atoms with Gasteiger partial charge in [0.05, 0.1) is 24.5 Å². The normalized spacial score (nSPS) is 12.1. The van der Waals surface area contributed by atoms with Crippen LogP contribution < -0.4 is 15.0 Å². The largest absolute Gasteiger partial charge is 0.493 e. The topological polar surface area (TPSA) is 84.7 Å². The van der Waals surface area contributed by atoms with Gasteiger partial charge in [0.2, 0.25) is 11.8 Å². The van der Waals surface area contributed by atoms with Gasteiger partial charge < -0.3 is 14.5 Å². The minimum Gasteiger partial charge on any atom is -0.493 e. The van der Waals surface area contributed by atoms with Crippen molar-refractivity contribution in [3.05, 3.63) is 77.3 Å². The van der Waals surface area contributed by atoms with Crippen molar-refractivity contribution in [2.24, 2.45) is 0 Å². The lowest BCUT2D eigenvalue weighted by Crippen LogP contribution is -2.24. The van der Waals surface area contributed by atoms with Gasteiger partial charge in [-0.05, 0) is 37.3 Å². The molecule has 2 heterocycles. The standard InChI is InChI=1S/C25H22FN3O4S/c1-15(22-13-17-7-6-10-21(32-3)24(17)33-22)27-23(31)12-11-18-14-34-25(28-18)29(16(2)30)20-9-5-4-8-19(20)26/h4-15H,1-3H3,(H,27,31)/b12-11+. The number of thiazole rings is 1. The van der Waals surface area contributed by atoms with Gasteiger partial charge >= 0.3 is 0 Å². The number of nitrogens with one attached hydrogen (secondary N) is 1. The number of aromatic nitrogens is 1. The Hall–Kier alpha value is -3.98. The second kappa shape index (κ2) is 9.88. The maximum atomic E-state index is 14.2. The maximum absolute atomic E-state index is 14.2. The van der Waals surface area contributed by atoms with Crippen LogP contribution in [0.15, 0.2) is 64.4 Å². The van der Waals surface area contributed by atoms with Crippen molar-refractivity contribution in [2.75, 3.05) is 12.0 Å². The minimum atomic E-state index is -0.526. The molecule has 34 heavy (non-hydrogen) atoms. The van der Waals surface area contributed by atoms with Crippen molar-refractivity contribution in [3.8, 4) is 5.75 Å². The molecule has 1 N–H and O–H groups in total. The van der Waals surface area contributed by atoms with Crippen LogP contribution >= 0.6 is 11.3 Å². The number of methoxy groups -OCH3 is 1. The van der Waals surface area contributed by atoms with Gasteiger partial charge in [0.1, 0.15) is 11.6 Å². The number of carbonyl (C=O) groups excluding carboxylic acids is 2. The fraction of sp³-hybridized carbons (Fsp3) is 0.160. The number of furan rings is 1. The van der Waals surface area contributed by atoms with E-state index >= 15 is 0 Å². The number of fused-ring (bicyclic) bond motifs is 1. The van der Waals surface area contributed by atoms with E-state index in [0.29, 0.717) is 27.9 Å². The van der Waals surface area contributed by atoms with Gasteiger partial charge in [0.15, 0.2) is 16.5 Å². The SMILES string of the molecule is COc1cccc2cc(C(C)NC(=O)/C=C/c3csc(N(C(C)=O)c4ccccc4F)n3)oc12. The molecule has 9 heteroatoms. The highest BCUT2D eigenvalue weighted by molar-refractivity contribution is 7.14. The predicted molar refractivity (Wildman–Crippen MR) is 130 cm³/mol. The third kappa shape index (κ3) is 4.84. The smallest absolute Gasteiger partial charge is 0.244 e. The molecule has 0 aliphatic carbocycles. The van der Waals surface area contributed by atoms with Crippen molar-refractivity contribution < 1.29 is 23.1 Å². The molecule has 0 aliphatic rings. The van der Waals surface area contributed by atoms with Crippen LogP contribution in [0, 0.1) is 5.82 Å². The zero-order valence-electron chi connectivity index (χ0n) is 18.7. The van der Waals surface area contributed by atoms with Gasteiger partial charge in [-0.1, -0.05) is 24.3 Å². The number of rotatable bonds is 7. The molecule has 174 valence electrons. The van der Waals surface area contributed by atoms with E-state index in [9.17, 15) is 14.0 Å². The first kappa shape index (κ1) is 23.2. The lowest BCUT2D eigenvalue weighted by molar-refractivity contribution is -0.117. The third-order valence-corrected chi connectivity index (χ3v) is 5.89. The molecule has 0 fully saturated rings. The van der Waals surface area contributed by atoms with Gasteiger partial charge in [-0.15, -0.1) is 11.3 Å². The number of nitrogens with zero attached hydrogens (tertiary/aromatic N) is 2. The molecule has 0 saturated heterocycles. The first-order valence-electron chi connectivity index (χ1n) is 10.4.